The summed E-state index contributed by atoms with van der Waals surface area (Å²) in [5.41, 5.74) is 1.70. The van der Waals surface area contributed by atoms with Gasteiger partial charge in [-0.3, -0.25) is 19.6 Å². The van der Waals surface area contributed by atoms with Crippen molar-refractivity contribution in [2.45, 2.75) is 19.5 Å². The molecule has 0 unspecified atom stereocenters. The number of rotatable bonds is 6. The Morgan fingerprint density at radius 1 is 1.06 bits per heavy atom. The average Bonchev–Trinajstić information content (AvgIpc) is 3.05. The van der Waals surface area contributed by atoms with Crippen molar-refractivity contribution >= 4 is 17.4 Å². The molecule has 7 heteroatoms. The monoisotopic (exact) mass is 415 g/mol. The highest BCUT2D eigenvalue weighted by atomic mass is 16.5. The van der Waals surface area contributed by atoms with Crippen LogP contribution in [0.5, 0.6) is 5.75 Å². The summed E-state index contributed by atoms with van der Waals surface area (Å²) in [6.45, 7) is 2.56. The Balaban J connectivity index is 1.80. The van der Waals surface area contributed by atoms with Crippen molar-refractivity contribution in [3.8, 4) is 5.75 Å². The number of Topliss-reactive ketones (excluding diaryl/α,β-unsaturated/α-hetero) is 1. The molecule has 1 atom stereocenters. The van der Waals surface area contributed by atoms with E-state index in [0.29, 0.717) is 23.6 Å². The van der Waals surface area contributed by atoms with Gasteiger partial charge in [0.25, 0.3) is 11.7 Å². The van der Waals surface area contributed by atoms with Gasteiger partial charge in [0.2, 0.25) is 0 Å². The minimum absolute atomic E-state index is 0.0109. The van der Waals surface area contributed by atoms with Crippen LogP contribution in [0.3, 0.4) is 0 Å². The number of aliphatic hydroxyl groups excluding tert-OH is 1. The van der Waals surface area contributed by atoms with Crippen LogP contribution in [0, 0.1) is 0 Å². The van der Waals surface area contributed by atoms with Crippen LogP contribution in [-0.4, -0.2) is 38.3 Å². The lowest BCUT2D eigenvalue weighted by molar-refractivity contribution is -0.140. The third kappa shape index (κ3) is 4.02. The fourth-order valence-electron chi connectivity index (χ4n) is 3.61. The second kappa shape index (κ2) is 8.79. The second-order valence-electron chi connectivity index (χ2n) is 7.00. The van der Waals surface area contributed by atoms with Crippen LogP contribution in [0.15, 0.2) is 78.8 Å². The first-order chi connectivity index (χ1) is 15.1. The van der Waals surface area contributed by atoms with E-state index in [1.54, 1.807) is 67.1 Å². The molecule has 3 heterocycles. The van der Waals surface area contributed by atoms with Crippen molar-refractivity contribution in [3.63, 3.8) is 0 Å². The standard InChI is InChI=1S/C24H21N3O4/c1-2-31-18-10-8-17(9-11-18)22(28)20-21(19-7-3-4-13-26-19)27(24(30)23(20)29)15-16-6-5-12-25-14-16/h3-14,21,28H,2,15H2,1H3/b22-20+/t21-/m0/s1. The Hall–Kier alpha value is -4.00. The van der Waals surface area contributed by atoms with Gasteiger partial charge >= 0.3 is 0 Å². The number of aromatic nitrogens is 2. The van der Waals surface area contributed by atoms with Gasteiger partial charge < -0.3 is 14.7 Å². The van der Waals surface area contributed by atoms with Crippen LogP contribution in [-0.2, 0) is 16.1 Å². The molecule has 2 aromatic heterocycles. The van der Waals surface area contributed by atoms with Crippen LogP contribution >= 0.6 is 0 Å². The molecule has 1 fully saturated rings. The molecule has 1 saturated heterocycles. The number of pyridine rings is 2. The van der Waals surface area contributed by atoms with E-state index in [1.165, 1.54) is 4.90 Å². The number of hydrogen-bond acceptors (Lipinski definition) is 6. The molecule has 0 aliphatic carbocycles. The van der Waals surface area contributed by atoms with E-state index in [2.05, 4.69) is 9.97 Å². The molecule has 1 aliphatic heterocycles. The summed E-state index contributed by atoms with van der Waals surface area (Å²) in [6, 6.07) is 14.8. The Kier molecular flexibility index (Phi) is 5.75. The lowest BCUT2D eigenvalue weighted by Gasteiger charge is -2.24. The van der Waals surface area contributed by atoms with Crippen molar-refractivity contribution in [3.05, 3.63) is 95.6 Å². The van der Waals surface area contributed by atoms with Gasteiger partial charge in [0.05, 0.1) is 17.9 Å². The van der Waals surface area contributed by atoms with Gasteiger partial charge in [-0.2, -0.15) is 0 Å². The van der Waals surface area contributed by atoms with E-state index in [0.717, 1.165) is 5.56 Å². The van der Waals surface area contributed by atoms with Crippen LogP contribution < -0.4 is 4.74 Å². The average molecular weight is 415 g/mol. The van der Waals surface area contributed by atoms with Gasteiger partial charge in [0.15, 0.2) is 0 Å². The Morgan fingerprint density at radius 2 is 1.87 bits per heavy atom. The quantitative estimate of drug-likeness (QED) is 0.376. The van der Waals surface area contributed by atoms with E-state index in [9.17, 15) is 14.7 Å². The first-order valence-electron chi connectivity index (χ1n) is 9.91. The van der Waals surface area contributed by atoms with E-state index < -0.39 is 17.7 Å². The number of amides is 1. The van der Waals surface area contributed by atoms with Gasteiger partial charge in [0, 0.05) is 30.7 Å². The second-order valence-corrected chi connectivity index (χ2v) is 7.00. The summed E-state index contributed by atoms with van der Waals surface area (Å²) < 4.78 is 5.44. The zero-order valence-electron chi connectivity index (χ0n) is 16.9. The SMILES string of the molecule is CCOc1ccc(/C(O)=C2\C(=O)C(=O)N(Cc3cccnc3)[C@H]2c2ccccn2)cc1. The van der Waals surface area contributed by atoms with Crippen molar-refractivity contribution in [1.29, 1.82) is 0 Å². The van der Waals surface area contributed by atoms with E-state index in [-0.39, 0.29) is 17.9 Å². The smallest absolute Gasteiger partial charge is 0.296 e. The number of hydrogen-bond donors (Lipinski definition) is 1. The molecule has 3 aromatic rings. The molecule has 1 N–H and O–H groups in total. The maximum absolute atomic E-state index is 13.0. The highest BCUT2D eigenvalue weighted by molar-refractivity contribution is 6.46. The molecule has 0 radical (unpaired) electrons. The zero-order valence-corrected chi connectivity index (χ0v) is 16.9. The molecule has 0 spiro atoms. The number of carbonyl (C=O) groups is 2. The largest absolute Gasteiger partial charge is 0.507 e. The summed E-state index contributed by atoms with van der Waals surface area (Å²) in [5.74, 6) is -1.03. The number of ether oxygens (including phenoxy) is 1. The van der Waals surface area contributed by atoms with E-state index >= 15 is 0 Å². The van der Waals surface area contributed by atoms with Gasteiger partial charge in [-0.25, -0.2) is 0 Å². The molecule has 1 amide bonds. The Labute approximate surface area is 179 Å². The normalized spacial score (nSPS) is 17.7. The number of likely N-dealkylation sites (tertiary alicyclic amines) is 1. The molecule has 7 nitrogen and oxygen atoms in total. The number of ketones is 1. The summed E-state index contributed by atoms with van der Waals surface area (Å²) in [7, 11) is 0. The maximum atomic E-state index is 13.0. The molecule has 4 rings (SSSR count). The maximum Gasteiger partial charge on any atom is 0.296 e. The van der Waals surface area contributed by atoms with Crippen LogP contribution in [0.2, 0.25) is 0 Å². The Bertz CT molecular complexity index is 1110. The predicted octanol–water partition coefficient (Wildman–Crippen LogP) is 3.50. The first kappa shape index (κ1) is 20.3. The minimum atomic E-state index is -0.812. The molecular weight excluding hydrogens is 394 g/mol. The van der Waals surface area contributed by atoms with Crippen molar-refractivity contribution < 1.29 is 19.4 Å². The third-order valence-electron chi connectivity index (χ3n) is 5.02. The molecule has 1 aliphatic rings. The van der Waals surface area contributed by atoms with Gasteiger partial charge in [-0.05, 0) is 55.0 Å². The fourth-order valence-corrected chi connectivity index (χ4v) is 3.61. The fraction of sp³-hybridized carbons (Fsp3) is 0.167. The summed E-state index contributed by atoms with van der Waals surface area (Å²) in [5, 5.41) is 11.0. The molecule has 1 aromatic carbocycles. The van der Waals surface area contributed by atoms with Gasteiger partial charge in [0.1, 0.15) is 17.6 Å². The lowest BCUT2D eigenvalue weighted by atomic mass is 9.98. The molecule has 0 saturated carbocycles. The highest BCUT2D eigenvalue weighted by Gasteiger charge is 2.46. The first-order valence-corrected chi connectivity index (χ1v) is 9.91. The highest BCUT2D eigenvalue weighted by Crippen LogP contribution is 2.39. The molecule has 31 heavy (non-hydrogen) atoms. The third-order valence-corrected chi connectivity index (χ3v) is 5.02. The predicted molar refractivity (Wildman–Crippen MR) is 114 cm³/mol. The summed E-state index contributed by atoms with van der Waals surface area (Å²) >= 11 is 0. The van der Waals surface area contributed by atoms with Gasteiger partial charge in [-0.1, -0.05) is 12.1 Å². The van der Waals surface area contributed by atoms with Crippen molar-refractivity contribution in [2.75, 3.05) is 6.61 Å². The topological polar surface area (TPSA) is 92.6 Å². The molecule has 0 bridgehead atoms. The van der Waals surface area contributed by atoms with Crippen LogP contribution in [0.4, 0.5) is 0 Å². The van der Waals surface area contributed by atoms with E-state index in [1.807, 2.05) is 13.0 Å². The number of carbonyl (C=O) groups excluding carboxylic acids is 2. The zero-order chi connectivity index (χ0) is 21.8. The van der Waals surface area contributed by atoms with Crippen molar-refractivity contribution in [1.82, 2.24) is 14.9 Å². The van der Waals surface area contributed by atoms with Crippen LogP contribution in [0.25, 0.3) is 5.76 Å². The number of benzene rings is 1. The van der Waals surface area contributed by atoms with Crippen molar-refractivity contribution in [2.24, 2.45) is 0 Å². The Morgan fingerprint density at radius 3 is 2.52 bits per heavy atom. The van der Waals surface area contributed by atoms with E-state index in [4.69, 9.17) is 4.74 Å². The minimum Gasteiger partial charge on any atom is -0.507 e. The summed E-state index contributed by atoms with van der Waals surface area (Å²) in [6.07, 6.45) is 4.87. The number of nitrogens with zero attached hydrogens (tertiary/aromatic N) is 3. The van der Waals surface area contributed by atoms with Crippen LogP contribution in [0.1, 0.15) is 29.8 Å². The summed E-state index contributed by atoms with van der Waals surface area (Å²) in [4.78, 5) is 35.8. The molecular formula is C24H21N3O4. The lowest BCUT2D eigenvalue weighted by Crippen LogP contribution is -2.29. The number of aliphatic hydroxyl groups is 1. The van der Waals surface area contributed by atoms with Gasteiger partial charge in [-0.15, -0.1) is 0 Å². The molecule has 156 valence electrons.